The van der Waals surface area contributed by atoms with Crippen LogP contribution in [0.1, 0.15) is 63.5 Å². The van der Waals surface area contributed by atoms with Crippen molar-refractivity contribution < 1.29 is 14.6 Å². The first-order chi connectivity index (χ1) is 11.9. The molecule has 3 heteroatoms. The van der Waals surface area contributed by atoms with Gasteiger partial charge >= 0.3 is 0 Å². The van der Waals surface area contributed by atoms with Gasteiger partial charge in [0.1, 0.15) is 11.9 Å². The zero-order valence-electron chi connectivity index (χ0n) is 15.6. The normalized spacial score (nSPS) is 36.9. The van der Waals surface area contributed by atoms with E-state index in [9.17, 15) is 9.90 Å². The van der Waals surface area contributed by atoms with Crippen molar-refractivity contribution >= 4 is 5.78 Å². The molecule has 0 aliphatic heterocycles. The van der Waals surface area contributed by atoms with Gasteiger partial charge in [0.05, 0.1) is 0 Å². The number of rotatable bonds is 3. The lowest BCUT2D eigenvalue weighted by molar-refractivity contribution is -0.135. The number of Topliss-reactive ketones (excluding diaryl/α,β-unsaturated/α-hetero) is 1. The van der Waals surface area contributed by atoms with Gasteiger partial charge in [-0.15, -0.1) is 0 Å². The number of hydrogen-bond acceptors (Lipinski definition) is 3. The van der Waals surface area contributed by atoms with Gasteiger partial charge in [0, 0.05) is 18.4 Å². The molecular formula is C22H30O3. The monoisotopic (exact) mass is 342 g/mol. The summed E-state index contributed by atoms with van der Waals surface area (Å²) in [6, 6.07) is 5.88. The van der Waals surface area contributed by atoms with Gasteiger partial charge < -0.3 is 9.84 Å². The Morgan fingerprint density at radius 3 is 2.88 bits per heavy atom. The fourth-order valence-corrected chi connectivity index (χ4v) is 5.89. The number of ether oxygens (including phenoxy) is 1. The number of phenols is 1. The molecule has 2 fully saturated rings. The zero-order chi connectivity index (χ0) is 17.8. The second kappa shape index (κ2) is 6.12. The molecule has 25 heavy (non-hydrogen) atoms. The van der Waals surface area contributed by atoms with E-state index in [1.807, 2.05) is 12.1 Å². The van der Waals surface area contributed by atoms with Gasteiger partial charge in [0.25, 0.3) is 0 Å². The number of hydrogen-bond donors (Lipinski definition) is 1. The van der Waals surface area contributed by atoms with Crippen LogP contribution in [-0.2, 0) is 16.0 Å². The molecule has 0 heterocycles. The summed E-state index contributed by atoms with van der Waals surface area (Å²) in [4.78, 5) is 12.8. The van der Waals surface area contributed by atoms with Crippen molar-refractivity contribution in [2.75, 3.05) is 6.61 Å². The highest BCUT2D eigenvalue weighted by molar-refractivity contribution is 5.87. The molecule has 0 radical (unpaired) electrons. The Morgan fingerprint density at radius 2 is 2.12 bits per heavy atom. The van der Waals surface area contributed by atoms with Crippen LogP contribution in [0.5, 0.6) is 5.75 Å². The lowest BCUT2D eigenvalue weighted by Gasteiger charge is -2.50. The minimum absolute atomic E-state index is 0.00155. The van der Waals surface area contributed by atoms with Crippen LogP contribution in [-0.4, -0.2) is 23.6 Å². The van der Waals surface area contributed by atoms with Crippen molar-refractivity contribution in [3.63, 3.8) is 0 Å². The van der Waals surface area contributed by atoms with Crippen LogP contribution < -0.4 is 0 Å². The molecule has 3 aliphatic carbocycles. The van der Waals surface area contributed by atoms with Gasteiger partial charge in [-0.3, -0.25) is 4.79 Å². The van der Waals surface area contributed by atoms with E-state index in [2.05, 4.69) is 26.8 Å². The Balaban J connectivity index is 1.61. The predicted octanol–water partition coefficient (Wildman–Crippen LogP) is 4.47. The third kappa shape index (κ3) is 2.71. The Bertz CT molecular complexity index is 680. The minimum Gasteiger partial charge on any atom is -0.508 e. The summed E-state index contributed by atoms with van der Waals surface area (Å²) in [5, 5.41) is 9.79. The van der Waals surface area contributed by atoms with Gasteiger partial charge in [-0.25, -0.2) is 0 Å². The van der Waals surface area contributed by atoms with E-state index in [4.69, 9.17) is 4.74 Å². The van der Waals surface area contributed by atoms with Crippen molar-refractivity contribution in [3.05, 3.63) is 29.3 Å². The minimum atomic E-state index is -0.206. The van der Waals surface area contributed by atoms with Crippen molar-refractivity contribution in [1.82, 2.24) is 0 Å². The lowest BCUT2D eigenvalue weighted by Crippen LogP contribution is -2.45. The first kappa shape index (κ1) is 17.1. The van der Waals surface area contributed by atoms with Gasteiger partial charge in [-0.05, 0) is 72.6 Å². The lowest BCUT2D eigenvalue weighted by atomic mass is 9.55. The summed E-state index contributed by atoms with van der Waals surface area (Å²) >= 11 is 0. The van der Waals surface area contributed by atoms with E-state index < -0.39 is 0 Å². The second-order valence-electron chi connectivity index (χ2n) is 9.12. The molecule has 4 rings (SSSR count). The maximum atomic E-state index is 12.8. The molecule has 136 valence electrons. The van der Waals surface area contributed by atoms with E-state index >= 15 is 0 Å². The summed E-state index contributed by atoms with van der Waals surface area (Å²) in [5.74, 6) is 2.71. The van der Waals surface area contributed by atoms with Gasteiger partial charge in [-0.2, -0.15) is 0 Å². The van der Waals surface area contributed by atoms with Crippen LogP contribution in [0, 0.1) is 23.2 Å². The smallest absolute Gasteiger partial charge is 0.162 e. The molecule has 1 aromatic carbocycles. The molecule has 3 nitrogen and oxygen atoms in total. The molecule has 5 atom stereocenters. The van der Waals surface area contributed by atoms with Gasteiger partial charge in [0.2, 0.25) is 0 Å². The standard InChI is InChI=1S/C22H30O3/c1-13(2)12-25-21-20(24)11-19-18-6-4-14-10-15(23)5-7-16(14)17(18)8-9-22(19,21)3/h5,7,10,13,17-19,21,23H,4,6,8-9,11-12H2,1-3H3/t17-,18-,19+,21+,22+/m1/s1. The Labute approximate surface area is 150 Å². The first-order valence-corrected chi connectivity index (χ1v) is 9.86. The van der Waals surface area contributed by atoms with Crippen LogP contribution in [0.3, 0.4) is 0 Å². The molecule has 1 N–H and O–H groups in total. The fourth-order valence-electron chi connectivity index (χ4n) is 5.89. The van der Waals surface area contributed by atoms with Crippen molar-refractivity contribution in [3.8, 4) is 5.75 Å². The average molecular weight is 342 g/mol. The summed E-state index contributed by atoms with van der Waals surface area (Å²) in [6.07, 6.45) is 4.82. The number of phenolic OH excluding ortho intramolecular Hbond substituents is 1. The Morgan fingerprint density at radius 1 is 1.32 bits per heavy atom. The molecule has 0 spiro atoms. The molecule has 2 saturated carbocycles. The molecule has 1 aromatic rings. The van der Waals surface area contributed by atoms with Crippen LogP contribution in [0.4, 0.5) is 0 Å². The molecule has 0 aromatic heterocycles. The predicted molar refractivity (Wildman–Crippen MR) is 97.7 cm³/mol. The second-order valence-corrected chi connectivity index (χ2v) is 9.12. The molecular weight excluding hydrogens is 312 g/mol. The zero-order valence-corrected chi connectivity index (χ0v) is 15.6. The summed E-state index contributed by atoms with van der Waals surface area (Å²) < 4.78 is 6.13. The van der Waals surface area contributed by atoms with E-state index in [1.54, 1.807) is 0 Å². The van der Waals surface area contributed by atoms with Gasteiger partial charge in [-0.1, -0.05) is 26.8 Å². The summed E-state index contributed by atoms with van der Waals surface area (Å²) in [5.41, 5.74) is 2.72. The Kier molecular flexibility index (Phi) is 4.18. The molecule has 0 unspecified atom stereocenters. The maximum absolute atomic E-state index is 12.8. The highest BCUT2D eigenvalue weighted by Gasteiger charge is 2.58. The van der Waals surface area contributed by atoms with Crippen LogP contribution >= 0.6 is 0 Å². The molecule has 0 saturated heterocycles. The highest BCUT2D eigenvalue weighted by atomic mass is 16.5. The van der Waals surface area contributed by atoms with E-state index in [0.29, 0.717) is 48.2 Å². The van der Waals surface area contributed by atoms with E-state index in [0.717, 1.165) is 25.7 Å². The molecule has 0 amide bonds. The third-order valence-electron chi connectivity index (χ3n) is 7.06. The number of benzene rings is 1. The maximum Gasteiger partial charge on any atom is 0.162 e. The summed E-state index contributed by atoms with van der Waals surface area (Å²) in [7, 11) is 0. The number of aromatic hydroxyl groups is 1. The first-order valence-electron chi connectivity index (χ1n) is 9.86. The third-order valence-corrected chi connectivity index (χ3v) is 7.06. The topological polar surface area (TPSA) is 46.5 Å². The van der Waals surface area contributed by atoms with Crippen LogP contribution in [0.15, 0.2) is 18.2 Å². The number of fused-ring (bicyclic) bond motifs is 5. The van der Waals surface area contributed by atoms with Crippen LogP contribution in [0.2, 0.25) is 0 Å². The number of ketones is 1. The Hall–Kier alpha value is -1.35. The van der Waals surface area contributed by atoms with Crippen molar-refractivity contribution in [2.45, 2.75) is 64.9 Å². The number of carbonyl (C=O) groups excluding carboxylic acids is 1. The van der Waals surface area contributed by atoms with Gasteiger partial charge in [0.15, 0.2) is 5.78 Å². The highest BCUT2D eigenvalue weighted by Crippen LogP contribution is 2.60. The molecule has 3 aliphatic rings. The van der Waals surface area contributed by atoms with E-state index in [1.165, 1.54) is 11.1 Å². The van der Waals surface area contributed by atoms with Crippen molar-refractivity contribution in [2.24, 2.45) is 23.2 Å². The SMILES string of the molecule is CC(C)CO[C@H]1C(=O)C[C@H]2[C@@H]3CCc4cc(O)ccc4[C@H]3CC[C@]12C. The van der Waals surface area contributed by atoms with Crippen LogP contribution in [0.25, 0.3) is 0 Å². The van der Waals surface area contributed by atoms with Crippen molar-refractivity contribution in [1.29, 1.82) is 0 Å². The number of aryl methyl sites for hydroxylation is 1. The summed E-state index contributed by atoms with van der Waals surface area (Å²) in [6.45, 7) is 7.26. The number of carbonyl (C=O) groups is 1. The largest absolute Gasteiger partial charge is 0.508 e. The van der Waals surface area contributed by atoms with E-state index in [-0.39, 0.29) is 11.5 Å². The fraction of sp³-hybridized carbons (Fsp3) is 0.682. The quantitative estimate of drug-likeness (QED) is 0.881. The molecule has 0 bridgehead atoms. The average Bonchev–Trinajstić information content (AvgIpc) is 2.82.